The minimum atomic E-state index is -4.17. The molecule has 0 spiro atoms. The Hall–Kier alpha value is -2.57. The summed E-state index contributed by atoms with van der Waals surface area (Å²) < 4.78 is 40.4. The number of aromatic nitrogens is 1. The van der Waals surface area contributed by atoms with Crippen LogP contribution in [0.5, 0.6) is 0 Å². The van der Waals surface area contributed by atoms with Crippen LogP contribution in [-0.4, -0.2) is 74.4 Å². The van der Waals surface area contributed by atoms with Gasteiger partial charge in [-0.05, 0) is 12.1 Å². The molecule has 11 nitrogen and oxygen atoms in total. The lowest BCUT2D eigenvalue weighted by Gasteiger charge is -2.32. The predicted octanol–water partition coefficient (Wildman–Crippen LogP) is 1.84. The average Bonchev–Trinajstić information content (AvgIpc) is 2.79. The number of carbonyl (C=O) groups excluding carboxylic acids is 3. The van der Waals surface area contributed by atoms with Crippen LogP contribution in [0.15, 0.2) is 24.5 Å². The van der Waals surface area contributed by atoms with E-state index in [1.54, 1.807) is 19.9 Å². The van der Waals surface area contributed by atoms with Crippen molar-refractivity contribution in [3.8, 4) is 0 Å². The molecule has 196 valence electrons. The van der Waals surface area contributed by atoms with Gasteiger partial charge in [-0.25, -0.2) is 4.79 Å². The largest absolute Gasteiger partial charge is 0.448 e. The van der Waals surface area contributed by atoms with Crippen molar-refractivity contribution in [2.75, 3.05) is 32.6 Å². The van der Waals surface area contributed by atoms with Gasteiger partial charge in [-0.1, -0.05) is 41.5 Å². The molecule has 34 heavy (non-hydrogen) atoms. The summed E-state index contributed by atoms with van der Waals surface area (Å²) in [5, 5.41) is 4.83. The fourth-order valence-corrected chi connectivity index (χ4v) is 2.83. The molecule has 1 atom stereocenters. The van der Waals surface area contributed by atoms with Crippen LogP contribution in [-0.2, 0) is 29.2 Å². The van der Waals surface area contributed by atoms with Gasteiger partial charge in [0, 0.05) is 44.4 Å². The van der Waals surface area contributed by atoms with Gasteiger partial charge in [-0.2, -0.15) is 8.42 Å². The van der Waals surface area contributed by atoms with Crippen molar-refractivity contribution in [1.82, 2.24) is 15.6 Å². The van der Waals surface area contributed by atoms with Crippen molar-refractivity contribution >= 4 is 27.9 Å². The zero-order valence-electron chi connectivity index (χ0n) is 21.1. The number of hydrogen-bond acceptors (Lipinski definition) is 8. The highest BCUT2D eigenvalue weighted by Crippen LogP contribution is 2.25. The van der Waals surface area contributed by atoms with E-state index in [-0.39, 0.29) is 31.7 Å². The van der Waals surface area contributed by atoms with Crippen LogP contribution >= 0.6 is 0 Å². The highest BCUT2D eigenvalue weighted by molar-refractivity contribution is 7.85. The Morgan fingerprint density at radius 1 is 1.12 bits per heavy atom. The maximum absolute atomic E-state index is 12.7. The number of esters is 1. The summed E-state index contributed by atoms with van der Waals surface area (Å²) in [5.74, 6) is -2.46. The van der Waals surface area contributed by atoms with E-state index in [9.17, 15) is 22.8 Å². The number of nitrogens with zero attached hydrogens (tertiary/aromatic N) is 1. The minimum absolute atomic E-state index is 0.0689. The first kappa shape index (κ1) is 33.6. The van der Waals surface area contributed by atoms with Gasteiger partial charge in [-0.15, -0.1) is 0 Å². The molecule has 0 bridgehead atoms. The molecule has 1 rings (SSSR count). The van der Waals surface area contributed by atoms with E-state index in [0.29, 0.717) is 0 Å². The molecule has 1 heterocycles. The Kier molecular flexibility index (Phi) is 17.6. The van der Waals surface area contributed by atoms with Gasteiger partial charge in [0.05, 0.1) is 17.9 Å². The lowest BCUT2D eigenvalue weighted by molar-refractivity contribution is -0.138. The third-order valence-corrected chi connectivity index (χ3v) is 4.64. The molecule has 1 aromatic heterocycles. The smallest absolute Gasteiger partial charge is 0.340 e. The molecule has 0 radical (unpaired) electrons. The average molecular weight is 506 g/mol. The molecular weight excluding hydrogens is 466 g/mol. The number of pyridine rings is 1. The maximum atomic E-state index is 12.7. The fourth-order valence-electron chi connectivity index (χ4n) is 2.47. The monoisotopic (exact) mass is 505 g/mol. The maximum Gasteiger partial charge on any atom is 0.340 e. The van der Waals surface area contributed by atoms with Gasteiger partial charge in [0.2, 0.25) is 5.91 Å². The van der Waals surface area contributed by atoms with Crippen LogP contribution in [0, 0.1) is 5.41 Å². The molecule has 0 fully saturated rings. The Balaban J connectivity index is 0. The second-order valence-corrected chi connectivity index (χ2v) is 8.70. The van der Waals surface area contributed by atoms with Crippen LogP contribution in [0.2, 0.25) is 0 Å². The number of carbonyl (C=O) groups is 3. The summed E-state index contributed by atoms with van der Waals surface area (Å²) in [5.41, 5.74) is -0.684. The zero-order valence-corrected chi connectivity index (χ0v) is 21.9. The third kappa shape index (κ3) is 14.6. The molecule has 2 amide bonds. The van der Waals surface area contributed by atoms with Crippen molar-refractivity contribution < 1.29 is 36.8 Å². The van der Waals surface area contributed by atoms with Gasteiger partial charge in [-0.3, -0.25) is 19.1 Å². The molecule has 0 saturated heterocycles. The van der Waals surface area contributed by atoms with E-state index in [0.717, 1.165) is 0 Å². The van der Waals surface area contributed by atoms with Gasteiger partial charge in [0.25, 0.3) is 16.0 Å². The second kappa shape index (κ2) is 17.8. The Bertz CT molecular complexity index is 830. The second-order valence-electron chi connectivity index (χ2n) is 7.13. The Morgan fingerprint density at radius 2 is 1.74 bits per heavy atom. The van der Waals surface area contributed by atoms with Crippen molar-refractivity contribution in [3.05, 3.63) is 30.1 Å². The van der Waals surface area contributed by atoms with E-state index in [1.165, 1.54) is 25.6 Å². The summed E-state index contributed by atoms with van der Waals surface area (Å²) >= 11 is 0. The quantitative estimate of drug-likeness (QED) is 0.284. The lowest BCUT2D eigenvalue weighted by Crippen LogP contribution is -2.49. The first-order valence-electron chi connectivity index (χ1n) is 11.1. The normalized spacial score (nSPS) is 11.5. The van der Waals surface area contributed by atoms with E-state index < -0.39 is 45.2 Å². The van der Waals surface area contributed by atoms with E-state index in [4.69, 9.17) is 14.0 Å². The van der Waals surface area contributed by atoms with Crippen molar-refractivity contribution in [3.63, 3.8) is 0 Å². The van der Waals surface area contributed by atoms with Crippen LogP contribution in [0.3, 0.4) is 0 Å². The number of hydrogen-bond donors (Lipinski definition) is 3. The lowest BCUT2D eigenvalue weighted by atomic mass is 9.86. The van der Waals surface area contributed by atoms with E-state index in [1.807, 2.05) is 27.7 Å². The first-order chi connectivity index (χ1) is 16.0. The van der Waals surface area contributed by atoms with Crippen LogP contribution < -0.4 is 10.6 Å². The molecule has 0 aliphatic heterocycles. The number of ether oxygens (including phenoxy) is 2. The molecule has 0 saturated carbocycles. The molecule has 0 aromatic carbocycles. The standard InChI is InChI=1S/C18H27N3O8S.2C2H6/c1-18(2,12-28-3)15(29-17(24)13-5-4-7-19-11-13)16(23)21-8-6-14(22)20-9-10-30(25,26)27;2*1-2/h4-5,7,11,15H,6,8-10,12H2,1-3H3,(H,20,22)(H,21,23)(H,25,26,27);2*1-2H3/t15-;;/m0../s1. The highest BCUT2D eigenvalue weighted by Gasteiger charge is 2.39. The van der Waals surface area contributed by atoms with Gasteiger partial charge in [0.1, 0.15) is 0 Å². The number of methoxy groups -OCH3 is 1. The van der Waals surface area contributed by atoms with Gasteiger partial charge < -0.3 is 20.1 Å². The molecule has 0 aliphatic carbocycles. The zero-order chi connectivity index (χ0) is 26.8. The van der Waals surface area contributed by atoms with Gasteiger partial charge >= 0.3 is 5.97 Å². The van der Waals surface area contributed by atoms with Crippen LogP contribution in [0.4, 0.5) is 0 Å². The third-order valence-electron chi connectivity index (χ3n) is 3.92. The SMILES string of the molecule is CC.CC.COCC(C)(C)[C@@H](OC(=O)c1cccnc1)C(=O)NCCC(=O)NCCS(=O)(=O)O. The van der Waals surface area contributed by atoms with Gasteiger partial charge in [0.15, 0.2) is 6.10 Å². The van der Waals surface area contributed by atoms with Crippen molar-refractivity contribution in [2.24, 2.45) is 5.41 Å². The molecule has 1 aromatic rings. The Morgan fingerprint density at radius 3 is 2.24 bits per heavy atom. The van der Waals surface area contributed by atoms with Crippen molar-refractivity contribution in [2.45, 2.75) is 54.1 Å². The predicted molar refractivity (Wildman–Crippen MR) is 129 cm³/mol. The summed E-state index contributed by atoms with van der Waals surface area (Å²) in [4.78, 5) is 40.6. The number of amides is 2. The first-order valence-corrected chi connectivity index (χ1v) is 12.7. The highest BCUT2D eigenvalue weighted by atomic mass is 32.2. The van der Waals surface area contributed by atoms with Crippen molar-refractivity contribution in [1.29, 1.82) is 0 Å². The minimum Gasteiger partial charge on any atom is -0.448 e. The summed E-state index contributed by atoms with van der Waals surface area (Å²) in [7, 11) is -2.72. The number of rotatable bonds is 12. The molecule has 3 N–H and O–H groups in total. The van der Waals surface area contributed by atoms with Crippen LogP contribution in [0.1, 0.15) is 58.3 Å². The molecule has 0 unspecified atom stereocenters. The molecular formula is C22H39N3O8S. The topological polar surface area (TPSA) is 161 Å². The van der Waals surface area contributed by atoms with E-state index >= 15 is 0 Å². The van der Waals surface area contributed by atoms with Crippen LogP contribution in [0.25, 0.3) is 0 Å². The fraction of sp³-hybridized carbons (Fsp3) is 0.636. The molecule has 0 aliphatic rings. The Labute approximate surface area is 202 Å². The van der Waals surface area contributed by atoms with E-state index in [2.05, 4.69) is 15.6 Å². The summed E-state index contributed by atoms with van der Waals surface area (Å²) in [6.45, 7) is 11.2. The number of nitrogens with one attached hydrogen (secondary N) is 2. The summed E-state index contributed by atoms with van der Waals surface area (Å²) in [6, 6.07) is 3.07. The summed E-state index contributed by atoms with van der Waals surface area (Å²) in [6.07, 6.45) is 1.48. The molecule has 12 heteroatoms.